The molecule has 0 atom stereocenters. The minimum absolute atomic E-state index is 0.297. The summed E-state index contributed by atoms with van der Waals surface area (Å²) in [5.74, 6) is -0.312. The molecule has 0 aliphatic heterocycles. The minimum Gasteiger partial charge on any atom is -0.330 e. The Kier molecular flexibility index (Phi) is 4.34. The molecule has 0 radical (unpaired) electrons. The van der Waals surface area contributed by atoms with E-state index in [1.165, 1.54) is 12.1 Å². The summed E-state index contributed by atoms with van der Waals surface area (Å²) >= 11 is 0. The second-order valence-corrected chi connectivity index (χ2v) is 4.96. The minimum atomic E-state index is -0.464. The highest BCUT2D eigenvalue weighted by molar-refractivity contribution is 5.85. The number of hydrogen-bond donors (Lipinski definition) is 2. The zero-order chi connectivity index (χ0) is 14.6. The lowest BCUT2D eigenvalue weighted by Crippen LogP contribution is -2.45. The number of carbonyl (C=O) groups is 2. The lowest BCUT2D eigenvalue weighted by Gasteiger charge is -2.22. The number of urea groups is 1. The topological polar surface area (TPSA) is 75.4 Å². The Balaban J connectivity index is 2.02. The molecule has 3 N–H and O–H groups in total. The van der Waals surface area contributed by atoms with Gasteiger partial charge in [0.25, 0.3) is 0 Å². The Bertz CT molecular complexity index is 486. The molecular formula is C14H18FN3O2. The van der Waals surface area contributed by atoms with Crippen LogP contribution in [-0.4, -0.2) is 30.4 Å². The number of carbonyl (C=O) groups excluding carboxylic acids is 2. The number of hydrogen-bond acceptors (Lipinski definition) is 3. The van der Waals surface area contributed by atoms with Crippen molar-refractivity contribution in [2.75, 3.05) is 13.1 Å². The van der Waals surface area contributed by atoms with E-state index < -0.39 is 11.6 Å². The number of nitrogens with zero attached hydrogens (tertiary/aromatic N) is 1. The average Bonchev–Trinajstić information content (AvgIpc) is 3.21. The van der Waals surface area contributed by atoms with Gasteiger partial charge in [-0.15, -0.1) is 0 Å². The maximum absolute atomic E-state index is 12.9. The molecule has 0 heterocycles. The van der Waals surface area contributed by atoms with Crippen LogP contribution in [0, 0.1) is 5.82 Å². The van der Waals surface area contributed by atoms with Crippen LogP contribution < -0.4 is 11.1 Å². The third-order valence-electron chi connectivity index (χ3n) is 3.48. The summed E-state index contributed by atoms with van der Waals surface area (Å²) < 4.78 is 12.9. The van der Waals surface area contributed by atoms with Gasteiger partial charge in [0.05, 0.1) is 5.54 Å². The molecule has 1 aromatic carbocycles. The van der Waals surface area contributed by atoms with Gasteiger partial charge in [-0.1, -0.05) is 12.1 Å². The van der Waals surface area contributed by atoms with Crippen LogP contribution in [0.4, 0.5) is 9.18 Å². The zero-order valence-electron chi connectivity index (χ0n) is 11.1. The maximum atomic E-state index is 12.9. The van der Waals surface area contributed by atoms with Crippen LogP contribution in [0.5, 0.6) is 0 Å². The molecule has 1 aliphatic carbocycles. The molecular weight excluding hydrogens is 261 g/mol. The van der Waals surface area contributed by atoms with Crippen molar-refractivity contribution in [3.63, 3.8) is 0 Å². The summed E-state index contributed by atoms with van der Waals surface area (Å²) in [6.45, 7) is 0.714. The van der Waals surface area contributed by atoms with Gasteiger partial charge in [0.15, 0.2) is 0 Å². The number of benzene rings is 1. The van der Waals surface area contributed by atoms with E-state index in [4.69, 9.17) is 5.73 Å². The van der Waals surface area contributed by atoms with Crippen molar-refractivity contribution in [3.05, 3.63) is 35.6 Å². The molecule has 108 valence electrons. The first-order chi connectivity index (χ1) is 9.61. The molecule has 2 rings (SSSR count). The van der Waals surface area contributed by atoms with Crippen LogP contribution >= 0.6 is 0 Å². The van der Waals surface area contributed by atoms with Gasteiger partial charge < -0.3 is 11.1 Å². The van der Waals surface area contributed by atoms with E-state index in [-0.39, 0.29) is 5.82 Å². The van der Waals surface area contributed by atoms with E-state index in [2.05, 4.69) is 5.32 Å². The lowest BCUT2D eigenvalue weighted by molar-refractivity contribution is -0.115. The smallest absolute Gasteiger partial charge is 0.324 e. The molecule has 1 aliphatic rings. The van der Waals surface area contributed by atoms with Crippen LogP contribution in [0.3, 0.4) is 0 Å². The molecule has 0 aromatic heterocycles. The first-order valence-electron chi connectivity index (χ1n) is 6.61. The van der Waals surface area contributed by atoms with Crippen LogP contribution in [0.25, 0.3) is 0 Å². The van der Waals surface area contributed by atoms with Crippen molar-refractivity contribution in [1.82, 2.24) is 10.2 Å². The molecule has 1 aromatic rings. The Morgan fingerprint density at radius 1 is 1.40 bits per heavy atom. The van der Waals surface area contributed by atoms with Gasteiger partial charge in [0.2, 0.25) is 6.41 Å². The van der Waals surface area contributed by atoms with E-state index in [9.17, 15) is 14.0 Å². The van der Waals surface area contributed by atoms with Crippen molar-refractivity contribution in [2.45, 2.75) is 24.8 Å². The van der Waals surface area contributed by atoms with Crippen molar-refractivity contribution < 1.29 is 14.0 Å². The Labute approximate surface area is 116 Å². The molecule has 5 nitrogen and oxygen atoms in total. The van der Waals surface area contributed by atoms with Crippen molar-refractivity contribution in [2.24, 2.45) is 5.73 Å². The van der Waals surface area contributed by atoms with E-state index in [1.54, 1.807) is 12.1 Å². The molecule has 6 heteroatoms. The third kappa shape index (κ3) is 3.14. The first kappa shape index (κ1) is 14.5. The molecule has 1 fully saturated rings. The molecule has 0 unspecified atom stereocenters. The number of nitrogens with one attached hydrogen (secondary N) is 1. The number of amides is 3. The zero-order valence-corrected chi connectivity index (χ0v) is 11.1. The maximum Gasteiger partial charge on any atom is 0.324 e. The first-order valence-corrected chi connectivity index (χ1v) is 6.61. The highest BCUT2D eigenvalue weighted by Crippen LogP contribution is 2.45. The van der Waals surface area contributed by atoms with E-state index in [0.29, 0.717) is 25.9 Å². The molecule has 0 spiro atoms. The number of nitrogens with two attached hydrogens (primary N) is 1. The van der Waals surface area contributed by atoms with Crippen LogP contribution in [-0.2, 0) is 10.3 Å². The van der Waals surface area contributed by atoms with Gasteiger partial charge in [-0.25, -0.2) is 9.18 Å². The molecule has 1 saturated carbocycles. The van der Waals surface area contributed by atoms with Gasteiger partial charge in [0.1, 0.15) is 5.82 Å². The molecule has 20 heavy (non-hydrogen) atoms. The summed E-state index contributed by atoms with van der Waals surface area (Å²) in [7, 11) is 0. The standard InChI is InChI=1S/C14H18FN3O2/c15-12-4-2-11(3-5-12)14(6-7-14)17-13(20)18(10-19)9-1-8-16/h2-5,10H,1,6-9,16H2,(H,17,20). The molecule has 0 saturated heterocycles. The fourth-order valence-corrected chi connectivity index (χ4v) is 2.12. The SMILES string of the molecule is NCCCN(C=O)C(=O)NC1(c2ccc(F)cc2)CC1. The van der Waals surface area contributed by atoms with Crippen LogP contribution in [0.2, 0.25) is 0 Å². The third-order valence-corrected chi connectivity index (χ3v) is 3.48. The van der Waals surface area contributed by atoms with Gasteiger partial charge in [-0.3, -0.25) is 9.69 Å². The Morgan fingerprint density at radius 3 is 2.55 bits per heavy atom. The van der Waals surface area contributed by atoms with E-state index in [1.807, 2.05) is 0 Å². The predicted octanol–water partition coefficient (Wildman–Crippen LogP) is 1.33. The van der Waals surface area contributed by atoms with Gasteiger partial charge in [-0.05, 0) is 43.5 Å². The second kappa shape index (κ2) is 6.00. The molecule has 3 amide bonds. The fraction of sp³-hybridized carbons (Fsp3) is 0.429. The Morgan fingerprint density at radius 2 is 2.05 bits per heavy atom. The number of rotatable bonds is 6. The predicted molar refractivity (Wildman–Crippen MR) is 72.3 cm³/mol. The number of halogens is 1. The summed E-state index contributed by atoms with van der Waals surface area (Å²) in [6, 6.07) is 5.62. The fourth-order valence-electron chi connectivity index (χ4n) is 2.12. The van der Waals surface area contributed by atoms with Gasteiger partial charge in [-0.2, -0.15) is 0 Å². The normalized spacial score (nSPS) is 15.5. The summed E-state index contributed by atoms with van der Waals surface area (Å²) in [6.07, 6.45) is 2.64. The summed E-state index contributed by atoms with van der Waals surface area (Å²) in [5, 5.41) is 2.86. The second-order valence-electron chi connectivity index (χ2n) is 4.96. The van der Waals surface area contributed by atoms with Gasteiger partial charge >= 0.3 is 6.03 Å². The lowest BCUT2D eigenvalue weighted by atomic mass is 10.1. The average molecular weight is 279 g/mol. The monoisotopic (exact) mass is 279 g/mol. The van der Waals surface area contributed by atoms with Crippen molar-refractivity contribution in [3.8, 4) is 0 Å². The van der Waals surface area contributed by atoms with Crippen LogP contribution in [0.15, 0.2) is 24.3 Å². The highest BCUT2D eigenvalue weighted by atomic mass is 19.1. The number of imide groups is 1. The molecule has 0 bridgehead atoms. The van der Waals surface area contributed by atoms with Gasteiger partial charge in [0, 0.05) is 6.54 Å². The quantitative estimate of drug-likeness (QED) is 0.771. The van der Waals surface area contributed by atoms with E-state index in [0.717, 1.165) is 23.3 Å². The summed E-state index contributed by atoms with van der Waals surface area (Å²) in [5.41, 5.74) is 5.76. The van der Waals surface area contributed by atoms with Crippen LogP contribution in [0.1, 0.15) is 24.8 Å². The highest BCUT2D eigenvalue weighted by Gasteiger charge is 2.46. The summed E-state index contributed by atoms with van der Waals surface area (Å²) in [4.78, 5) is 24.0. The Hall–Kier alpha value is -1.95. The largest absolute Gasteiger partial charge is 0.330 e. The van der Waals surface area contributed by atoms with E-state index >= 15 is 0 Å². The van der Waals surface area contributed by atoms with Crippen molar-refractivity contribution in [1.29, 1.82) is 0 Å². The van der Waals surface area contributed by atoms with Crippen molar-refractivity contribution >= 4 is 12.4 Å².